The maximum atomic E-state index is 2.80. The molecule has 2 atom stereocenters. The summed E-state index contributed by atoms with van der Waals surface area (Å²) < 4.78 is 1.45. The average Bonchev–Trinajstić information content (AvgIpc) is 2.39. The van der Waals surface area contributed by atoms with E-state index in [1.165, 1.54) is 48.6 Å². The molecule has 17 heavy (non-hydrogen) atoms. The summed E-state index contributed by atoms with van der Waals surface area (Å²) in [5, 5.41) is 0. The van der Waals surface area contributed by atoms with E-state index in [-0.39, 0.29) is 0 Å². The third-order valence-electron chi connectivity index (χ3n) is 4.35. The fraction of sp³-hybridized carbons (Fsp3) is 0.600. The summed E-state index contributed by atoms with van der Waals surface area (Å²) in [6, 6.07) is 10.5. The molecule has 2 aliphatic rings. The van der Waals surface area contributed by atoms with Crippen molar-refractivity contribution >= 4 is 22.6 Å². The van der Waals surface area contributed by atoms with Gasteiger partial charge in [-0.05, 0) is 72.9 Å². The lowest BCUT2D eigenvalue weighted by atomic mass is 9.86. The topological polar surface area (TPSA) is 3.24 Å². The summed E-state index contributed by atoms with van der Waals surface area (Å²) in [5.41, 5.74) is 1.57. The monoisotopic (exact) mass is 341 g/mol. The van der Waals surface area contributed by atoms with Crippen molar-refractivity contribution < 1.29 is 0 Å². The fourth-order valence-electron chi connectivity index (χ4n) is 3.54. The number of hydrogen-bond acceptors (Lipinski definition) is 1. The molecule has 2 fully saturated rings. The summed E-state index contributed by atoms with van der Waals surface area (Å²) in [7, 11) is 0. The predicted molar refractivity (Wildman–Crippen MR) is 80.1 cm³/mol. The number of halogens is 1. The highest BCUT2D eigenvalue weighted by molar-refractivity contribution is 14.1. The Morgan fingerprint density at radius 3 is 2.71 bits per heavy atom. The molecule has 2 saturated heterocycles. The molecule has 1 nitrogen and oxygen atoms in total. The maximum Gasteiger partial charge on any atom is 0.0361 e. The molecule has 3 rings (SSSR count). The van der Waals surface area contributed by atoms with Crippen molar-refractivity contribution in [3.8, 4) is 0 Å². The van der Waals surface area contributed by atoms with E-state index < -0.39 is 0 Å². The molecule has 1 aromatic carbocycles. The minimum atomic E-state index is 0.696. The summed E-state index contributed by atoms with van der Waals surface area (Å²) in [4.78, 5) is 2.80. The van der Waals surface area contributed by atoms with Crippen molar-refractivity contribution in [1.82, 2.24) is 4.90 Å². The van der Waals surface area contributed by atoms with Crippen LogP contribution in [0.5, 0.6) is 0 Å². The van der Waals surface area contributed by atoms with Crippen LogP contribution in [0.4, 0.5) is 0 Å². The third-order valence-corrected chi connectivity index (χ3v) is 5.33. The van der Waals surface area contributed by atoms with Crippen molar-refractivity contribution in [2.45, 2.75) is 50.6 Å². The molecular weight excluding hydrogens is 321 g/mol. The highest BCUT2D eigenvalue weighted by atomic mass is 127. The molecule has 2 heteroatoms. The van der Waals surface area contributed by atoms with Gasteiger partial charge < -0.3 is 0 Å². The Morgan fingerprint density at radius 1 is 1.00 bits per heavy atom. The SMILES string of the molecule is Ic1ccccc1C1CCCC2CCCCN21. The van der Waals surface area contributed by atoms with Gasteiger partial charge in [-0.3, -0.25) is 4.90 Å². The molecule has 0 bridgehead atoms. The normalized spacial score (nSPS) is 29.9. The maximum absolute atomic E-state index is 2.80. The van der Waals surface area contributed by atoms with Crippen LogP contribution in [0.3, 0.4) is 0 Å². The van der Waals surface area contributed by atoms with Gasteiger partial charge >= 0.3 is 0 Å². The molecule has 0 aromatic heterocycles. The molecule has 0 N–H and O–H groups in total. The summed E-state index contributed by atoms with van der Waals surface area (Å²) in [5.74, 6) is 0. The first-order valence-electron chi connectivity index (χ1n) is 6.86. The van der Waals surface area contributed by atoms with Crippen LogP contribution in [-0.4, -0.2) is 17.5 Å². The van der Waals surface area contributed by atoms with E-state index in [0.717, 1.165) is 6.04 Å². The second-order valence-corrected chi connectivity index (χ2v) is 6.52. The molecule has 0 amide bonds. The first-order chi connectivity index (χ1) is 8.36. The number of fused-ring (bicyclic) bond motifs is 1. The number of hydrogen-bond donors (Lipinski definition) is 0. The van der Waals surface area contributed by atoms with Crippen LogP contribution < -0.4 is 0 Å². The second kappa shape index (κ2) is 5.27. The highest BCUT2D eigenvalue weighted by Crippen LogP contribution is 2.39. The van der Waals surface area contributed by atoms with Crippen LogP contribution >= 0.6 is 22.6 Å². The molecule has 2 heterocycles. The van der Waals surface area contributed by atoms with Gasteiger partial charge in [0, 0.05) is 15.7 Å². The lowest BCUT2D eigenvalue weighted by Gasteiger charge is -2.45. The van der Waals surface area contributed by atoms with Gasteiger partial charge in [-0.1, -0.05) is 24.6 Å². The average molecular weight is 341 g/mol. The van der Waals surface area contributed by atoms with Crippen LogP contribution in [0.1, 0.15) is 50.1 Å². The van der Waals surface area contributed by atoms with E-state index >= 15 is 0 Å². The lowest BCUT2D eigenvalue weighted by molar-refractivity contribution is 0.0515. The number of rotatable bonds is 1. The van der Waals surface area contributed by atoms with Gasteiger partial charge in [-0.25, -0.2) is 0 Å². The van der Waals surface area contributed by atoms with Gasteiger partial charge in [-0.2, -0.15) is 0 Å². The largest absolute Gasteiger partial charge is 0.293 e. The van der Waals surface area contributed by atoms with Crippen LogP contribution in [0, 0.1) is 3.57 Å². The molecule has 0 radical (unpaired) electrons. The number of benzene rings is 1. The Kier molecular flexibility index (Phi) is 3.71. The van der Waals surface area contributed by atoms with Crippen LogP contribution in [0.15, 0.2) is 24.3 Å². The van der Waals surface area contributed by atoms with Gasteiger partial charge in [-0.15, -0.1) is 0 Å². The standard InChI is InChI=1S/C15H20IN/c16-14-9-2-1-8-13(14)15-10-5-7-12-6-3-4-11-17(12)15/h1-2,8-9,12,15H,3-7,10-11H2. The third kappa shape index (κ3) is 2.39. The minimum absolute atomic E-state index is 0.696. The van der Waals surface area contributed by atoms with E-state index in [0.29, 0.717) is 6.04 Å². The van der Waals surface area contributed by atoms with Crippen molar-refractivity contribution in [1.29, 1.82) is 0 Å². The molecule has 2 aliphatic heterocycles. The zero-order valence-electron chi connectivity index (χ0n) is 10.2. The quantitative estimate of drug-likeness (QED) is 0.686. The zero-order chi connectivity index (χ0) is 11.7. The van der Waals surface area contributed by atoms with Crippen molar-refractivity contribution in [2.75, 3.05) is 6.54 Å². The Hall–Kier alpha value is -0.0900. The fourth-order valence-corrected chi connectivity index (χ4v) is 4.28. The van der Waals surface area contributed by atoms with Gasteiger partial charge in [0.2, 0.25) is 0 Å². The van der Waals surface area contributed by atoms with Crippen LogP contribution in [0.25, 0.3) is 0 Å². The van der Waals surface area contributed by atoms with Crippen LogP contribution in [-0.2, 0) is 0 Å². The summed E-state index contributed by atoms with van der Waals surface area (Å²) in [6.45, 7) is 1.32. The summed E-state index contributed by atoms with van der Waals surface area (Å²) >= 11 is 2.50. The van der Waals surface area contributed by atoms with Crippen molar-refractivity contribution in [3.63, 3.8) is 0 Å². The van der Waals surface area contributed by atoms with E-state index in [1.807, 2.05) is 0 Å². The molecule has 0 saturated carbocycles. The molecule has 0 aliphatic carbocycles. The first-order valence-corrected chi connectivity index (χ1v) is 7.94. The Balaban J connectivity index is 1.88. The predicted octanol–water partition coefficient (Wildman–Crippen LogP) is 4.37. The van der Waals surface area contributed by atoms with Gasteiger partial charge in [0.05, 0.1) is 0 Å². The molecule has 2 unspecified atom stereocenters. The Labute approximate surface area is 118 Å². The van der Waals surface area contributed by atoms with E-state index in [2.05, 4.69) is 51.8 Å². The molecule has 92 valence electrons. The zero-order valence-corrected chi connectivity index (χ0v) is 12.4. The summed E-state index contributed by atoms with van der Waals surface area (Å²) in [6.07, 6.45) is 8.48. The smallest absolute Gasteiger partial charge is 0.0361 e. The molecule has 1 aromatic rings. The number of nitrogens with zero attached hydrogens (tertiary/aromatic N) is 1. The number of piperidine rings is 2. The van der Waals surface area contributed by atoms with Crippen LogP contribution in [0.2, 0.25) is 0 Å². The van der Waals surface area contributed by atoms with Gasteiger partial charge in [0.1, 0.15) is 0 Å². The van der Waals surface area contributed by atoms with E-state index in [4.69, 9.17) is 0 Å². The Bertz CT molecular complexity index is 388. The van der Waals surface area contributed by atoms with Gasteiger partial charge in [0.15, 0.2) is 0 Å². The van der Waals surface area contributed by atoms with E-state index in [1.54, 1.807) is 5.56 Å². The highest BCUT2D eigenvalue weighted by Gasteiger charge is 2.33. The first kappa shape index (κ1) is 12.0. The second-order valence-electron chi connectivity index (χ2n) is 5.36. The van der Waals surface area contributed by atoms with Gasteiger partial charge in [0.25, 0.3) is 0 Å². The molecule has 0 spiro atoms. The lowest BCUT2D eigenvalue weighted by Crippen LogP contribution is -2.44. The Morgan fingerprint density at radius 2 is 1.82 bits per heavy atom. The van der Waals surface area contributed by atoms with Crippen molar-refractivity contribution in [2.24, 2.45) is 0 Å². The minimum Gasteiger partial charge on any atom is -0.293 e. The van der Waals surface area contributed by atoms with Crippen molar-refractivity contribution in [3.05, 3.63) is 33.4 Å². The van der Waals surface area contributed by atoms with E-state index in [9.17, 15) is 0 Å². The molecular formula is C15H20IN.